The lowest BCUT2D eigenvalue weighted by Gasteiger charge is -2.33. The molecule has 23 heavy (non-hydrogen) atoms. The minimum absolute atomic E-state index is 0.589. The molecule has 2 fully saturated rings. The summed E-state index contributed by atoms with van der Waals surface area (Å²) in [5.41, 5.74) is 0.589. The molecule has 1 saturated carbocycles. The van der Waals surface area contributed by atoms with Crippen molar-refractivity contribution in [3.05, 3.63) is 18.7 Å². The largest absolute Gasteiger partial charge is 0.357 e. The topological polar surface area (TPSA) is 45.5 Å². The molecular weight excluding hydrogens is 286 g/mol. The van der Waals surface area contributed by atoms with Crippen molar-refractivity contribution in [3.63, 3.8) is 0 Å². The Morgan fingerprint density at radius 3 is 2.87 bits per heavy atom. The average molecular weight is 317 g/mol. The van der Waals surface area contributed by atoms with Gasteiger partial charge in [-0.25, -0.2) is 4.98 Å². The highest BCUT2D eigenvalue weighted by atomic mass is 15.3. The lowest BCUT2D eigenvalue weighted by molar-refractivity contribution is 0.203. The molecular formula is C18H31N5. The highest BCUT2D eigenvalue weighted by Gasteiger charge is 2.39. The van der Waals surface area contributed by atoms with Crippen molar-refractivity contribution in [3.8, 4) is 0 Å². The van der Waals surface area contributed by atoms with Crippen molar-refractivity contribution in [2.24, 2.45) is 10.4 Å². The van der Waals surface area contributed by atoms with Crippen LogP contribution in [0.2, 0.25) is 0 Å². The number of rotatable bonds is 5. The van der Waals surface area contributed by atoms with E-state index in [4.69, 9.17) is 4.99 Å². The van der Waals surface area contributed by atoms with Gasteiger partial charge in [0.15, 0.2) is 5.96 Å². The fourth-order valence-electron chi connectivity index (χ4n) is 4.11. The van der Waals surface area contributed by atoms with Gasteiger partial charge >= 0.3 is 0 Å². The minimum Gasteiger partial charge on any atom is -0.357 e. The molecule has 1 saturated heterocycles. The normalized spacial score (nSPS) is 21.1. The van der Waals surface area contributed by atoms with Crippen LogP contribution in [0.5, 0.6) is 0 Å². The first-order valence-electron chi connectivity index (χ1n) is 9.30. The molecule has 0 amide bonds. The predicted molar refractivity (Wildman–Crippen MR) is 94.5 cm³/mol. The molecule has 0 bridgehead atoms. The van der Waals surface area contributed by atoms with Gasteiger partial charge in [0.1, 0.15) is 0 Å². The van der Waals surface area contributed by atoms with Crippen molar-refractivity contribution < 1.29 is 0 Å². The van der Waals surface area contributed by atoms with Gasteiger partial charge in [-0.2, -0.15) is 0 Å². The quantitative estimate of drug-likeness (QED) is 0.516. The van der Waals surface area contributed by atoms with Crippen LogP contribution >= 0.6 is 0 Å². The van der Waals surface area contributed by atoms with Gasteiger partial charge in [0, 0.05) is 45.1 Å². The number of aromatic nitrogens is 2. The first kappa shape index (κ1) is 16.3. The van der Waals surface area contributed by atoms with E-state index in [1.807, 2.05) is 18.7 Å². The van der Waals surface area contributed by atoms with Crippen LogP contribution in [0.1, 0.15) is 51.9 Å². The Kier molecular flexibility index (Phi) is 5.57. The smallest absolute Gasteiger partial charge is 0.193 e. The summed E-state index contributed by atoms with van der Waals surface area (Å²) in [7, 11) is 0. The van der Waals surface area contributed by atoms with Crippen LogP contribution in [-0.4, -0.2) is 46.6 Å². The number of nitrogens with zero attached hydrogens (tertiary/aromatic N) is 4. The van der Waals surface area contributed by atoms with Crippen LogP contribution in [0.4, 0.5) is 0 Å². The third kappa shape index (κ3) is 4.27. The second-order valence-corrected chi connectivity index (χ2v) is 7.12. The van der Waals surface area contributed by atoms with Crippen LogP contribution < -0.4 is 5.32 Å². The van der Waals surface area contributed by atoms with Crippen molar-refractivity contribution in [2.45, 2.75) is 58.4 Å². The summed E-state index contributed by atoms with van der Waals surface area (Å²) in [4.78, 5) is 11.5. The van der Waals surface area contributed by atoms with E-state index in [1.54, 1.807) is 0 Å². The van der Waals surface area contributed by atoms with Gasteiger partial charge in [-0.05, 0) is 38.0 Å². The van der Waals surface area contributed by atoms with Crippen molar-refractivity contribution >= 4 is 5.96 Å². The average Bonchev–Trinajstić information content (AvgIpc) is 3.22. The van der Waals surface area contributed by atoms with Gasteiger partial charge in [-0.15, -0.1) is 0 Å². The van der Waals surface area contributed by atoms with E-state index in [-0.39, 0.29) is 0 Å². The molecule has 0 aromatic carbocycles. The number of likely N-dealkylation sites (tertiary alicyclic amines) is 1. The molecule has 2 heterocycles. The van der Waals surface area contributed by atoms with Gasteiger partial charge in [0.05, 0.1) is 6.33 Å². The fourth-order valence-corrected chi connectivity index (χ4v) is 4.11. The zero-order valence-electron chi connectivity index (χ0n) is 14.5. The zero-order chi connectivity index (χ0) is 16.0. The minimum atomic E-state index is 0.589. The highest BCUT2D eigenvalue weighted by molar-refractivity contribution is 5.80. The van der Waals surface area contributed by atoms with Crippen molar-refractivity contribution in [1.82, 2.24) is 19.8 Å². The molecule has 0 unspecified atom stereocenters. The Labute approximate surface area is 140 Å². The number of hydrogen-bond acceptors (Lipinski definition) is 2. The Morgan fingerprint density at radius 2 is 2.13 bits per heavy atom. The Balaban J connectivity index is 1.52. The van der Waals surface area contributed by atoms with E-state index >= 15 is 0 Å². The molecule has 128 valence electrons. The summed E-state index contributed by atoms with van der Waals surface area (Å²) in [6.45, 7) is 7.36. The molecule has 1 N–H and O–H groups in total. The maximum atomic E-state index is 4.87. The molecule has 1 aromatic heterocycles. The fraction of sp³-hybridized carbons (Fsp3) is 0.778. The van der Waals surface area contributed by atoms with Crippen LogP contribution in [0.15, 0.2) is 23.7 Å². The second-order valence-electron chi connectivity index (χ2n) is 7.12. The summed E-state index contributed by atoms with van der Waals surface area (Å²) < 4.78 is 2.12. The van der Waals surface area contributed by atoms with E-state index in [1.165, 1.54) is 51.6 Å². The Bertz CT molecular complexity index is 488. The third-order valence-electron chi connectivity index (χ3n) is 5.38. The number of aryl methyl sites for hydroxylation is 1. The maximum absolute atomic E-state index is 4.87. The molecule has 5 nitrogen and oxygen atoms in total. The van der Waals surface area contributed by atoms with Crippen LogP contribution in [0.25, 0.3) is 0 Å². The van der Waals surface area contributed by atoms with Gasteiger partial charge in [-0.3, -0.25) is 4.99 Å². The lowest BCUT2D eigenvalue weighted by atomic mass is 9.73. The first-order valence-corrected chi connectivity index (χ1v) is 9.30. The van der Waals surface area contributed by atoms with Crippen LogP contribution in [-0.2, 0) is 6.54 Å². The molecule has 1 aliphatic heterocycles. The molecule has 5 heteroatoms. The summed E-state index contributed by atoms with van der Waals surface area (Å²) in [6, 6.07) is 0. The SMILES string of the molecule is CCNC(=NCCCn1ccnc1)N1CCC2(CCCCC2)C1. The molecule has 1 spiro atoms. The monoisotopic (exact) mass is 317 g/mol. The zero-order valence-corrected chi connectivity index (χ0v) is 14.5. The van der Waals surface area contributed by atoms with Gasteiger partial charge in [-0.1, -0.05) is 19.3 Å². The molecule has 1 aliphatic carbocycles. The van der Waals surface area contributed by atoms with E-state index in [0.29, 0.717) is 5.41 Å². The van der Waals surface area contributed by atoms with Crippen molar-refractivity contribution in [2.75, 3.05) is 26.2 Å². The molecule has 0 atom stereocenters. The summed E-state index contributed by atoms with van der Waals surface area (Å²) in [6.07, 6.45) is 15.3. The van der Waals surface area contributed by atoms with Gasteiger partial charge in [0.25, 0.3) is 0 Å². The number of imidazole rings is 1. The maximum Gasteiger partial charge on any atom is 0.193 e. The Morgan fingerprint density at radius 1 is 1.26 bits per heavy atom. The first-order chi connectivity index (χ1) is 11.3. The highest BCUT2D eigenvalue weighted by Crippen LogP contribution is 2.43. The number of hydrogen-bond donors (Lipinski definition) is 1. The van der Waals surface area contributed by atoms with Crippen LogP contribution in [0, 0.1) is 5.41 Å². The molecule has 1 aromatic rings. The molecule has 0 radical (unpaired) electrons. The third-order valence-corrected chi connectivity index (χ3v) is 5.38. The second kappa shape index (κ2) is 7.84. The van der Waals surface area contributed by atoms with Gasteiger partial charge in [0.2, 0.25) is 0 Å². The molecule has 3 rings (SSSR count). The van der Waals surface area contributed by atoms with E-state index in [2.05, 4.69) is 26.7 Å². The number of nitrogens with one attached hydrogen (secondary N) is 1. The number of guanidine groups is 1. The number of aliphatic imine (C=N–C) groups is 1. The summed E-state index contributed by atoms with van der Waals surface area (Å²) >= 11 is 0. The Hall–Kier alpha value is -1.52. The van der Waals surface area contributed by atoms with Crippen molar-refractivity contribution in [1.29, 1.82) is 0 Å². The lowest BCUT2D eigenvalue weighted by Crippen LogP contribution is -2.41. The van der Waals surface area contributed by atoms with Crippen LogP contribution in [0.3, 0.4) is 0 Å². The summed E-state index contributed by atoms with van der Waals surface area (Å²) in [5.74, 6) is 1.13. The van der Waals surface area contributed by atoms with E-state index < -0.39 is 0 Å². The van der Waals surface area contributed by atoms with Gasteiger partial charge < -0.3 is 14.8 Å². The molecule has 2 aliphatic rings. The van der Waals surface area contributed by atoms with E-state index in [9.17, 15) is 0 Å². The van der Waals surface area contributed by atoms with E-state index in [0.717, 1.165) is 32.0 Å². The predicted octanol–water partition coefficient (Wildman–Crippen LogP) is 2.89. The summed E-state index contributed by atoms with van der Waals surface area (Å²) in [5, 5.41) is 3.50. The standard InChI is InChI=1S/C18H31N5/c1-2-20-17(21-10-6-12-22-14-11-19-16-22)23-13-9-18(15-23)7-4-3-5-8-18/h11,14,16H,2-10,12-13,15H2,1H3,(H,20,21).